The Bertz CT molecular complexity index is 868. The van der Waals surface area contributed by atoms with Crippen LogP contribution in [0, 0.1) is 0 Å². The number of amidine groups is 1. The van der Waals surface area contributed by atoms with Crippen LogP contribution in [0.3, 0.4) is 0 Å². The van der Waals surface area contributed by atoms with Gasteiger partial charge in [-0.25, -0.2) is 4.98 Å². The SMILES string of the molecule is O=C1CS/C(=N\Nc2c3ccccc3nc3ccccc23)N1. The van der Waals surface area contributed by atoms with Crippen LogP contribution in [-0.2, 0) is 4.79 Å². The van der Waals surface area contributed by atoms with E-state index in [0.29, 0.717) is 10.9 Å². The molecule has 0 bridgehead atoms. The molecule has 1 amide bonds. The van der Waals surface area contributed by atoms with E-state index in [1.165, 1.54) is 11.8 Å². The van der Waals surface area contributed by atoms with Crippen molar-refractivity contribution in [2.45, 2.75) is 0 Å². The molecule has 1 fully saturated rings. The second-order valence-corrected chi connectivity index (χ2v) is 5.85. The predicted molar refractivity (Wildman–Crippen MR) is 90.9 cm³/mol. The van der Waals surface area contributed by atoms with Crippen molar-refractivity contribution in [1.82, 2.24) is 10.3 Å². The van der Waals surface area contributed by atoms with Crippen molar-refractivity contribution in [3.8, 4) is 0 Å². The Labute approximate surface area is 130 Å². The highest BCUT2D eigenvalue weighted by Crippen LogP contribution is 2.30. The first-order valence-corrected chi connectivity index (χ1v) is 7.84. The second-order valence-electron chi connectivity index (χ2n) is 4.89. The maximum Gasteiger partial charge on any atom is 0.236 e. The minimum Gasteiger partial charge on any atom is -0.303 e. The number of rotatable bonds is 2. The number of nitrogens with zero attached hydrogens (tertiary/aromatic N) is 2. The van der Waals surface area contributed by atoms with Crippen LogP contribution < -0.4 is 10.7 Å². The van der Waals surface area contributed by atoms with E-state index in [4.69, 9.17) is 0 Å². The number of hydrogen-bond acceptors (Lipinski definition) is 5. The summed E-state index contributed by atoms with van der Waals surface area (Å²) < 4.78 is 0. The number of pyridine rings is 1. The summed E-state index contributed by atoms with van der Waals surface area (Å²) in [4.78, 5) is 15.9. The van der Waals surface area contributed by atoms with E-state index in [-0.39, 0.29) is 5.91 Å². The maximum atomic E-state index is 11.2. The molecule has 1 saturated heterocycles. The summed E-state index contributed by atoms with van der Waals surface area (Å²) in [6, 6.07) is 15.9. The molecule has 0 saturated carbocycles. The standard InChI is InChI=1S/C16H12N4OS/c21-14-9-22-16(18-14)20-19-15-10-5-1-3-7-12(10)17-13-8-4-2-6-11(13)15/h1-8H,9H2,(H,17,19)(H,18,20,21). The van der Waals surface area contributed by atoms with Crippen LogP contribution in [-0.4, -0.2) is 21.8 Å². The van der Waals surface area contributed by atoms with E-state index >= 15 is 0 Å². The third-order valence-electron chi connectivity index (χ3n) is 3.44. The summed E-state index contributed by atoms with van der Waals surface area (Å²) in [7, 11) is 0. The first-order chi connectivity index (χ1) is 10.8. The molecule has 1 aliphatic rings. The third kappa shape index (κ3) is 2.27. The van der Waals surface area contributed by atoms with Gasteiger partial charge in [0.2, 0.25) is 5.91 Å². The number of anilines is 1. The molecule has 1 aromatic heterocycles. The Morgan fingerprint density at radius 2 is 1.68 bits per heavy atom. The van der Waals surface area contributed by atoms with Gasteiger partial charge >= 0.3 is 0 Å². The van der Waals surface area contributed by atoms with Crippen molar-refractivity contribution < 1.29 is 4.79 Å². The average molecular weight is 308 g/mol. The zero-order valence-corrected chi connectivity index (χ0v) is 12.4. The molecule has 3 aromatic rings. The minimum atomic E-state index is -0.0185. The number of hydrogen-bond donors (Lipinski definition) is 2. The van der Waals surface area contributed by atoms with Crippen LogP contribution in [0.25, 0.3) is 21.8 Å². The summed E-state index contributed by atoms with van der Waals surface area (Å²) in [5, 5.41) is 9.62. The third-order valence-corrected chi connectivity index (χ3v) is 4.32. The van der Waals surface area contributed by atoms with Gasteiger partial charge in [-0.2, -0.15) is 0 Å². The molecule has 0 spiro atoms. The van der Waals surface area contributed by atoms with Crippen LogP contribution in [0.4, 0.5) is 5.69 Å². The van der Waals surface area contributed by atoms with Gasteiger partial charge in [-0.05, 0) is 12.1 Å². The fourth-order valence-electron chi connectivity index (χ4n) is 2.45. The number of hydrazone groups is 1. The average Bonchev–Trinajstić information content (AvgIpc) is 2.97. The summed E-state index contributed by atoms with van der Waals surface area (Å²) >= 11 is 1.39. The smallest absolute Gasteiger partial charge is 0.236 e. The van der Waals surface area contributed by atoms with Crippen molar-refractivity contribution >= 4 is 50.3 Å². The fraction of sp³-hybridized carbons (Fsp3) is 0.0625. The highest BCUT2D eigenvalue weighted by molar-refractivity contribution is 8.15. The van der Waals surface area contributed by atoms with Crippen molar-refractivity contribution in [2.24, 2.45) is 5.10 Å². The number of benzene rings is 2. The van der Waals surface area contributed by atoms with E-state index in [0.717, 1.165) is 27.5 Å². The Hall–Kier alpha value is -2.60. The van der Waals surface area contributed by atoms with Crippen molar-refractivity contribution in [1.29, 1.82) is 0 Å². The van der Waals surface area contributed by atoms with Gasteiger partial charge in [-0.15, -0.1) is 5.10 Å². The number of thioether (sulfide) groups is 1. The largest absolute Gasteiger partial charge is 0.303 e. The Kier molecular flexibility index (Phi) is 3.16. The molecule has 4 rings (SSSR count). The monoisotopic (exact) mass is 308 g/mol. The van der Waals surface area contributed by atoms with E-state index in [1.807, 2.05) is 48.5 Å². The molecule has 0 radical (unpaired) electrons. The van der Waals surface area contributed by atoms with Crippen LogP contribution in [0.2, 0.25) is 0 Å². The van der Waals surface area contributed by atoms with Crippen LogP contribution in [0.1, 0.15) is 0 Å². The van der Waals surface area contributed by atoms with Crippen LogP contribution >= 0.6 is 11.8 Å². The molecule has 0 aliphatic carbocycles. The van der Waals surface area contributed by atoms with Gasteiger partial charge < -0.3 is 5.32 Å². The molecule has 6 heteroatoms. The van der Waals surface area contributed by atoms with E-state index in [2.05, 4.69) is 20.8 Å². The highest BCUT2D eigenvalue weighted by atomic mass is 32.2. The molecule has 2 aromatic carbocycles. The van der Waals surface area contributed by atoms with E-state index < -0.39 is 0 Å². The molecule has 108 valence electrons. The maximum absolute atomic E-state index is 11.2. The quantitative estimate of drug-likeness (QED) is 0.564. The van der Waals surface area contributed by atoms with Crippen molar-refractivity contribution in [3.63, 3.8) is 0 Å². The Morgan fingerprint density at radius 1 is 1.05 bits per heavy atom. The summed E-state index contributed by atoms with van der Waals surface area (Å²) in [6.45, 7) is 0. The number of nitrogens with one attached hydrogen (secondary N) is 2. The molecule has 0 unspecified atom stereocenters. The molecule has 0 atom stereocenters. The number of amides is 1. The lowest BCUT2D eigenvalue weighted by Crippen LogP contribution is -2.21. The molecule has 1 aliphatic heterocycles. The fourth-order valence-corrected chi connectivity index (χ4v) is 3.09. The summed E-state index contributed by atoms with van der Waals surface area (Å²) in [5.74, 6) is 0.397. The lowest BCUT2D eigenvalue weighted by atomic mass is 10.1. The second kappa shape index (κ2) is 5.31. The molecular formula is C16H12N4OS. The van der Waals surface area contributed by atoms with Gasteiger partial charge in [0.05, 0.1) is 22.5 Å². The lowest BCUT2D eigenvalue weighted by Gasteiger charge is -2.10. The van der Waals surface area contributed by atoms with Gasteiger partial charge in [-0.1, -0.05) is 48.2 Å². The van der Waals surface area contributed by atoms with E-state index in [9.17, 15) is 4.79 Å². The molecule has 5 nitrogen and oxygen atoms in total. The molecule has 2 N–H and O–H groups in total. The van der Waals surface area contributed by atoms with Gasteiger partial charge in [0.25, 0.3) is 0 Å². The first kappa shape index (κ1) is 13.1. The predicted octanol–water partition coefficient (Wildman–Crippen LogP) is 2.93. The van der Waals surface area contributed by atoms with Crippen LogP contribution in [0.5, 0.6) is 0 Å². The zero-order chi connectivity index (χ0) is 14.9. The van der Waals surface area contributed by atoms with Gasteiger partial charge in [0.1, 0.15) is 0 Å². The number of fused-ring (bicyclic) bond motifs is 2. The summed E-state index contributed by atoms with van der Waals surface area (Å²) in [5.41, 5.74) is 5.82. The number of carbonyl (C=O) groups excluding carboxylic acids is 1. The number of para-hydroxylation sites is 2. The topological polar surface area (TPSA) is 66.4 Å². The Balaban J connectivity index is 1.87. The van der Waals surface area contributed by atoms with Gasteiger partial charge in [0, 0.05) is 10.8 Å². The normalized spacial score (nSPS) is 16.4. The van der Waals surface area contributed by atoms with Gasteiger partial charge in [0.15, 0.2) is 5.17 Å². The molecular weight excluding hydrogens is 296 g/mol. The molecule has 2 heterocycles. The van der Waals surface area contributed by atoms with E-state index in [1.54, 1.807) is 0 Å². The first-order valence-electron chi connectivity index (χ1n) is 6.85. The minimum absolute atomic E-state index is 0.0185. The Morgan fingerprint density at radius 3 is 2.27 bits per heavy atom. The highest BCUT2D eigenvalue weighted by Gasteiger charge is 2.16. The van der Waals surface area contributed by atoms with Crippen molar-refractivity contribution in [3.05, 3.63) is 48.5 Å². The number of aromatic nitrogens is 1. The number of carbonyl (C=O) groups is 1. The van der Waals surface area contributed by atoms with Crippen LogP contribution in [0.15, 0.2) is 53.6 Å². The van der Waals surface area contributed by atoms with Crippen molar-refractivity contribution in [2.75, 3.05) is 11.2 Å². The molecule has 22 heavy (non-hydrogen) atoms. The van der Waals surface area contributed by atoms with Gasteiger partial charge in [-0.3, -0.25) is 10.2 Å². The zero-order valence-electron chi connectivity index (χ0n) is 11.5. The summed E-state index contributed by atoms with van der Waals surface area (Å²) in [6.07, 6.45) is 0. The lowest BCUT2D eigenvalue weighted by molar-refractivity contribution is -0.116.